The number of likely N-dealkylation sites (tertiary alicyclic amines) is 1. The Balaban J connectivity index is 1.67. The third kappa shape index (κ3) is 3.46. The predicted molar refractivity (Wildman–Crippen MR) is 93.7 cm³/mol. The maximum absolute atomic E-state index is 12.9. The molecule has 5 heteroatoms. The molecule has 2 N–H and O–H groups in total. The minimum absolute atomic E-state index is 0.0554. The molecule has 0 aromatic heterocycles. The Morgan fingerprint density at radius 3 is 2.25 bits per heavy atom. The quantitative estimate of drug-likeness (QED) is 0.878. The fraction of sp³-hybridized carbons (Fsp3) is 0.579. The molecule has 0 bridgehead atoms. The highest BCUT2D eigenvalue weighted by Crippen LogP contribution is 2.27. The first-order valence-electron chi connectivity index (χ1n) is 8.82. The molecule has 2 aliphatic rings. The fourth-order valence-electron chi connectivity index (χ4n) is 3.68. The van der Waals surface area contributed by atoms with Crippen molar-refractivity contribution in [1.82, 2.24) is 15.5 Å². The smallest absolute Gasteiger partial charge is 0.251 e. The average Bonchev–Trinajstić information content (AvgIpc) is 3.13. The highest BCUT2D eigenvalue weighted by atomic mass is 16.2. The molecular formula is C19H27N3O2. The molecule has 2 amide bonds. The first kappa shape index (κ1) is 17.0. The molecule has 1 aromatic rings. The lowest BCUT2D eigenvalue weighted by Crippen LogP contribution is -2.51. The van der Waals surface area contributed by atoms with Crippen LogP contribution in [0.15, 0.2) is 24.3 Å². The van der Waals surface area contributed by atoms with Crippen molar-refractivity contribution >= 4 is 11.8 Å². The van der Waals surface area contributed by atoms with Gasteiger partial charge in [-0.25, -0.2) is 0 Å². The van der Waals surface area contributed by atoms with E-state index in [-0.39, 0.29) is 17.7 Å². The molecule has 2 heterocycles. The van der Waals surface area contributed by atoms with E-state index in [2.05, 4.69) is 10.6 Å². The van der Waals surface area contributed by atoms with Gasteiger partial charge < -0.3 is 15.5 Å². The summed E-state index contributed by atoms with van der Waals surface area (Å²) in [4.78, 5) is 27.4. The highest BCUT2D eigenvalue weighted by molar-refractivity contribution is 5.97. The topological polar surface area (TPSA) is 61.4 Å². The van der Waals surface area contributed by atoms with Crippen LogP contribution in [0.5, 0.6) is 0 Å². The van der Waals surface area contributed by atoms with Crippen molar-refractivity contribution in [2.45, 2.75) is 26.8 Å². The van der Waals surface area contributed by atoms with Crippen LogP contribution in [0, 0.1) is 24.7 Å². The standard InChI is InChI=1S/C19H27N3O2/c1-12(2)17(21-18(23)14-6-4-13(3)5-7-14)19(24)22-10-15-8-20-9-16(15)11-22/h4-7,12,15-17,20H,8-11H2,1-3H3,(H,21,23)/t15-,16+,17?. The third-order valence-electron chi connectivity index (χ3n) is 5.23. The molecule has 1 aromatic carbocycles. The van der Waals surface area contributed by atoms with Gasteiger partial charge in [-0.1, -0.05) is 31.5 Å². The molecule has 5 nitrogen and oxygen atoms in total. The Morgan fingerprint density at radius 1 is 1.12 bits per heavy atom. The lowest BCUT2D eigenvalue weighted by Gasteiger charge is -2.27. The maximum Gasteiger partial charge on any atom is 0.251 e. The molecular weight excluding hydrogens is 302 g/mol. The van der Waals surface area contributed by atoms with Gasteiger partial charge in [0.05, 0.1) is 0 Å². The minimum Gasteiger partial charge on any atom is -0.340 e. The molecule has 24 heavy (non-hydrogen) atoms. The van der Waals surface area contributed by atoms with E-state index in [1.807, 2.05) is 37.8 Å². The van der Waals surface area contributed by atoms with Gasteiger partial charge in [0.2, 0.25) is 5.91 Å². The van der Waals surface area contributed by atoms with Crippen molar-refractivity contribution in [3.63, 3.8) is 0 Å². The number of nitrogens with one attached hydrogen (secondary N) is 2. The van der Waals surface area contributed by atoms with E-state index in [4.69, 9.17) is 0 Å². The van der Waals surface area contributed by atoms with Crippen LogP contribution in [0.2, 0.25) is 0 Å². The molecule has 0 saturated carbocycles. The van der Waals surface area contributed by atoms with E-state index in [9.17, 15) is 9.59 Å². The number of hydrogen-bond acceptors (Lipinski definition) is 3. The van der Waals surface area contributed by atoms with E-state index in [1.54, 1.807) is 12.1 Å². The number of benzene rings is 1. The lowest BCUT2D eigenvalue weighted by atomic mass is 10.0. The van der Waals surface area contributed by atoms with Crippen LogP contribution in [0.3, 0.4) is 0 Å². The van der Waals surface area contributed by atoms with Crippen molar-refractivity contribution in [2.75, 3.05) is 26.2 Å². The van der Waals surface area contributed by atoms with Crippen LogP contribution in [0.1, 0.15) is 29.8 Å². The van der Waals surface area contributed by atoms with Crippen LogP contribution in [0.25, 0.3) is 0 Å². The Morgan fingerprint density at radius 2 is 1.71 bits per heavy atom. The van der Waals surface area contributed by atoms with E-state index in [0.717, 1.165) is 31.7 Å². The zero-order chi connectivity index (χ0) is 17.3. The number of carbonyl (C=O) groups is 2. The van der Waals surface area contributed by atoms with Crippen molar-refractivity contribution in [3.05, 3.63) is 35.4 Å². The highest BCUT2D eigenvalue weighted by Gasteiger charge is 2.40. The summed E-state index contributed by atoms with van der Waals surface area (Å²) in [5.41, 5.74) is 1.71. The number of aryl methyl sites for hydroxylation is 1. The zero-order valence-electron chi connectivity index (χ0n) is 14.7. The lowest BCUT2D eigenvalue weighted by molar-refractivity contribution is -0.133. The molecule has 130 valence electrons. The number of rotatable bonds is 4. The third-order valence-corrected chi connectivity index (χ3v) is 5.23. The zero-order valence-corrected chi connectivity index (χ0v) is 14.7. The Kier molecular flexibility index (Phi) is 4.90. The number of amides is 2. The van der Waals surface area contributed by atoms with Crippen molar-refractivity contribution in [1.29, 1.82) is 0 Å². The molecule has 2 aliphatic heterocycles. The summed E-state index contributed by atoms with van der Waals surface area (Å²) in [6.45, 7) is 9.56. The predicted octanol–water partition coefficient (Wildman–Crippen LogP) is 1.43. The monoisotopic (exact) mass is 329 g/mol. The summed E-state index contributed by atoms with van der Waals surface area (Å²) in [7, 11) is 0. The molecule has 1 unspecified atom stereocenters. The van der Waals surface area contributed by atoms with E-state index < -0.39 is 6.04 Å². The summed E-state index contributed by atoms with van der Waals surface area (Å²) >= 11 is 0. The second kappa shape index (κ2) is 6.93. The average molecular weight is 329 g/mol. The molecule has 0 spiro atoms. The molecule has 2 saturated heterocycles. The molecule has 3 atom stereocenters. The Bertz CT molecular complexity index is 600. The van der Waals surface area contributed by atoms with E-state index in [1.165, 1.54) is 0 Å². The summed E-state index contributed by atoms with van der Waals surface area (Å²) in [5.74, 6) is 1.07. The van der Waals surface area contributed by atoms with Gasteiger partial charge in [-0.15, -0.1) is 0 Å². The molecule has 3 rings (SSSR count). The van der Waals surface area contributed by atoms with Gasteiger partial charge in [0, 0.05) is 31.7 Å². The SMILES string of the molecule is Cc1ccc(C(=O)NC(C(=O)N2C[C@H]3CNC[C@H]3C2)C(C)C)cc1. The molecule has 0 aliphatic carbocycles. The summed E-state index contributed by atoms with van der Waals surface area (Å²) in [6.07, 6.45) is 0. The van der Waals surface area contributed by atoms with E-state index >= 15 is 0 Å². The van der Waals surface area contributed by atoms with Crippen molar-refractivity contribution in [2.24, 2.45) is 17.8 Å². The van der Waals surface area contributed by atoms with Gasteiger partial charge in [-0.2, -0.15) is 0 Å². The fourth-order valence-corrected chi connectivity index (χ4v) is 3.68. The number of fused-ring (bicyclic) bond motifs is 1. The normalized spacial score (nSPS) is 24.1. The number of hydrogen-bond donors (Lipinski definition) is 2. The maximum atomic E-state index is 12.9. The van der Waals surface area contributed by atoms with Gasteiger partial charge in [0.25, 0.3) is 5.91 Å². The van der Waals surface area contributed by atoms with Gasteiger partial charge in [0.1, 0.15) is 6.04 Å². The Hall–Kier alpha value is -1.88. The van der Waals surface area contributed by atoms with Gasteiger partial charge in [-0.05, 0) is 36.8 Å². The summed E-state index contributed by atoms with van der Waals surface area (Å²) < 4.78 is 0. The van der Waals surface area contributed by atoms with Gasteiger partial charge >= 0.3 is 0 Å². The van der Waals surface area contributed by atoms with Crippen LogP contribution in [-0.2, 0) is 4.79 Å². The largest absolute Gasteiger partial charge is 0.340 e. The van der Waals surface area contributed by atoms with Gasteiger partial charge in [-0.3, -0.25) is 9.59 Å². The number of nitrogens with zero attached hydrogens (tertiary/aromatic N) is 1. The first-order chi connectivity index (χ1) is 11.5. The summed E-state index contributed by atoms with van der Waals surface area (Å²) in [6, 6.07) is 6.97. The van der Waals surface area contributed by atoms with Crippen LogP contribution in [0.4, 0.5) is 0 Å². The molecule has 2 fully saturated rings. The second-order valence-corrected chi connectivity index (χ2v) is 7.48. The van der Waals surface area contributed by atoms with Crippen molar-refractivity contribution in [3.8, 4) is 0 Å². The number of carbonyl (C=O) groups excluding carboxylic acids is 2. The van der Waals surface area contributed by atoms with Crippen LogP contribution >= 0.6 is 0 Å². The van der Waals surface area contributed by atoms with Crippen LogP contribution < -0.4 is 10.6 Å². The first-order valence-corrected chi connectivity index (χ1v) is 8.82. The molecule has 0 radical (unpaired) electrons. The Labute approximate surface area is 143 Å². The second-order valence-electron chi connectivity index (χ2n) is 7.48. The van der Waals surface area contributed by atoms with Crippen molar-refractivity contribution < 1.29 is 9.59 Å². The van der Waals surface area contributed by atoms with E-state index in [0.29, 0.717) is 17.4 Å². The minimum atomic E-state index is -0.467. The van der Waals surface area contributed by atoms with Gasteiger partial charge in [0.15, 0.2) is 0 Å². The van der Waals surface area contributed by atoms with Crippen LogP contribution in [-0.4, -0.2) is 48.9 Å². The summed E-state index contributed by atoms with van der Waals surface area (Å²) in [5, 5.41) is 6.34.